The van der Waals surface area contributed by atoms with Gasteiger partial charge in [-0.2, -0.15) is 0 Å². The predicted octanol–water partition coefficient (Wildman–Crippen LogP) is 5.93. The molecule has 6 heterocycles. The number of imidazole rings is 1. The predicted molar refractivity (Wildman–Crippen MR) is 170 cm³/mol. The molecule has 9 nitrogen and oxygen atoms in total. The van der Waals surface area contributed by atoms with Crippen molar-refractivity contribution in [1.29, 1.82) is 0 Å². The molecule has 9 heteroatoms. The molecule has 2 saturated heterocycles. The van der Waals surface area contributed by atoms with Gasteiger partial charge in [0.2, 0.25) is 5.95 Å². The van der Waals surface area contributed by atoms with Crippen molar-refractivity contribution >= 4 is 28.6 Å². The number of carbonyl (C=O) groups excluding carboxylic acids is 1. The number of hydrogen-bond acceptors (Lipinski definition) is 7. The lowest BCUT2D eigenvalue weighted by molar-refractivity contribution is 0.0945. The third-order valence-electron chi connectivity index (χ3n) is 9.75. The minimum atomic E-state index is -0.204. The first-order valence-corrected chi connectivity index (χ1v) is 15.8. The second-order valence-corrected chi connectivity index (χ2v) is 12.7. The van der Waals surface area contributed by atoms with Crippen LogP contribution >= 0.6 is 0 Å². The van der Waals surface area contributed by atoms with Gasteiger partial charge in [-0.1, -0.05) is 0 Å². The summed E-state index contributed by atoms with van der Waals surface area (Å²) in [5.41, 5.74) is 6.47. The van der Waals surface area contributed by atoms with E-state index in [1.54, 1.807) is 12.4 Å². The Kier molecular flexibility index (Phi) is 7.51. The van der Waals surface area contributed by atoms with E-state index in [4.69, 9.17) is 14.7 Å². The van der Waals surface area contributed by atoms with E-state index in [-0.39, 0.29) is 5.91 Å². The summed E-state index contributed by atoms with van der Waals surface area (Å²) in [5, 5.41) is 3.14. The van der Waals surface area contributed by atoms with Crippen LogP contribution in [0.1, 0.15) is 61.0 Å². The SMILES string of the molecule is Cc1cc2cc(n1)-c1cnccc1OCCCCCn1c(nc3ccc(N4CCC5(CCN(C)CC5)CC4)cc31)NC2=O. The van der Waals surface area contributed by atoms with Crippen LogP contribution in [-0.2, 0) is 6.54 Å². The van der Waals surface area contributed by atoms with Crippen molar-refractivity contribution in [2.45, 2.75) is 58.4 Å². The van der Waals surface area contributed by atoms with Gasteiger partial charge >= 0.3 is 0 Å². The summed E-state index contributed by atoms with van der Waals surface area (Å²) >= 11 is 0. The van der Waals surface area contributed by atoms with Gasteiger partial charge in [0, 0.05) is 49.0 Å². The lowest BCUT2D eigenvalue weighted by Gasteiger charge is -2.46. The van der Waals surface area contributed by atoms with Crippen molar-refractivity contribution in [3.05, 3.63) is 60.0 Å². The zero-order chi connectivity index (χ0) is 29.4. The third-order valence-corrected chi connectivity index (χ3v) is 9.75. The summed E-state index contributed by atoms with van der Waals surface area (Å²) < 4.78 is 8.36. The second kappa shape index (κ2) is 11.6. The molecule has 0 atom stereocenters. The summed E-state index contributed by atoms with van der Waals surface area (Å²) in [6.45, 7) is 7.90. The zero-order valence-electron chi connectivity index (χ0n) is 25.3. The van der Waals surface area contributed by atoms with Gasteiger partial charge in [0.15, 0.2) is 0 Å². The number of nitrogens with one attached hydrogen (secondary N) is 1. The Morgan fingerprint density at radius 2 is 1.72 bits per heavy atom. The van der Waals surface area contributed by atoms with E-state index >= 15 is 0 Å². The number of carbonyl (C=O) groups is 1. The molecule has 224 valence electrons. The number of pyridine rings is 2. The van der Waals surface area contributed by atoms with Crippen LogP contribution in [0.2, 0.25) is 0 Å². The average Bonchev–Trinajstić information content (AvgIpc) is 3.36. The highest BCUT2D eigenvalue weighted by Gasteiger charge is 2.37. The summed E-state index contributed by atoms with van der Waals surface area (Å²) in [6, 6.07) is 12.1. The van der Waals surface area contributed by atoms with E-state index in [1.165, 1.54) is 44.5 Å². The molecule has 1 spiro atoms. The summed E-state index contributed by atoms with van der Waals surface area (Å²) in [5.74, 6) is 1.12. The Morgan fingerprint density at radius 3 is 2.56 bits per heavy atom. The van der Waals surface area contributed by atoms with Crippen LogP contribution in [0.4, 0.5) is 11.6 Å². The number of aryl methyl sites for hydroxylation is 2. The molecule has 2 bridgehead atoms. The van der Waals surface area contributed by atoms with Gasteiger partial charge < -0.3 is 19.1 Å². The molecule has 3 aromatic heterocycles. The second-order valence-electron chi connectivity index (χ2n) is 12.7. The highest BCUT2D eigenvalue weighted by molar-refractivity contribution is 6.05. The number of amides is 1. The van der Waals surface area contributed by atoms with E-state index in [2.05, 4.69) is 49.9 Å². The molecule has 0 radical (unpaired) electrons. The van der Waals surface area contributed by atoms with Gasteiger partial charge in [0.05, 0.1) is 28.9 Å². The summed E-state index contributed by atoms with van der Waals surface area (Å²) in [7, 11) is 2.24. The Balaban J connectivity index is 1.18. The maximum Gasteiger partial charge on any atom is 0.258 e. The van der Waals surface area contributed by atoms with Crippen LogP contribution < -0.4 is 15.0 Å². The molecule has 4 aromatic rings. The standard InChI is InChI=1S/C34H41N7O2/c1-24-20-25-21-29(36-24)27-23-35-13-8-31(27)43-19-5-3-4-14-41-30-22-26(6-7-28(30)37-33(41)38-32(25)42)40-17-11-34(12-18-40)9-15-39(2)16-10-34/h6-8,13,20-23H,3-5,9-12,14-19H2,1-2H3,(H,37,38,42). The number of likely N-dealkylation sites (tertiary alicyclic amines) is 1. The maximum atomic E-state index is 13.7. The number of anilines is 2. The van der Waals surface area contributed by atoms with Crippen molar-refractivity contribution in [3.8, 4) is 17.0 Å². The quantitative estimate of drug-likeness (QED) is 0.299. The average molecular weight is 580 g/mol. The number of hydrogen-bond donors (Lipinski definition) is 1. The first-order chi connectivity index (χ1) is 21.0. The van der Waals surface area contributed by atoms with Crippen molar-refractivity contribution in [1.82, 2.24) is 24.4 Å². The molecule has 0 unspecified atom stereocenters. The van der Waals surface area contributed by atoms with Crippen molar-refractivity contribution < 1.29 is 9.53 Å². The maximum absolute atomic E-state index is 13.7. The molecule has 7 rings (SSSR count). The molecule has 43 heavy (non-hydrogen) atoms. The van der Waals surface area contributed by atoms with Crippen LogP contribution in [0.3, 0.4) is 0 Å². The van der Waals surface area contributed by atoms with Gasteiger partial charge in [-0.15, -0.1) is 0 Å². The number of rotatable bonds is 1. The number of ether oxygens (including phenoxy) is 1. The fourth-order valence-electron chi connectivity index (χ4n) is 7.00. The van der Waals surface area contributed by atoms with E-state index in [0.717, 1.165) is 66.9 Å². The molecule has 2 fully saturated rings. The molecule has 1 aromatic carbocycles. The Bertz CT molecular complexity index is 1630. The van der Waals surface area contributed by atoms with Crippen LogP contribution in [0, 0.1) is 12.3 Å². The minimum absolute atomic E-state index is 0.204. The van der Waals surface area contributed by atoms with E-state index in [0.29, 0.717) is 29.2 Å². The van der Waals surface area contributed by atoms with E-state index in [1.807, 2.05) is 25.1 Å². The minimum Gasteiger partial charge on any atom is -0.493 e. The lowest BCUT2D eigenvalue weighted by Crippen LogP contribution is -2.46. The fourth-order valence-corrected chi connectivity index (χ4v) is 7.00. The van der Waals surface area contributed by atoms with E-state index < -0.39 is 0 Å². The van der Waals surface area contributed by atoms with Crippen LogP contribution in [0.25, 0.3) is 22.3 Å². The number of piperidine rings is 2. The van der Waals surface area contributed by atoms with Crippen LogP contribution in [0.15, 0.2) is 48.8 Å². The van der Waals surface area contributed by atoms with Crippen molar-refractivity contribution in [2.24, 2.45) is 5.41 Å². The molecule has 1 N–H and O–H groups in total. The summed E-state index contributed by atoms with van der Waals surface area (Å²) in [4.78, 5) is 32.6. The third kappa shape index (κ3) is 5.70. The number of nitrogens with zero attached hydrogens (tertiary/aromatic N) is 6. The van der Waals surface area contributed by atoms with Gasteiger partial charge in [-0.3, -0.25) is 20.1 Å². The smallest absolute Gasteiger partial charge is 0.258 e. The molecule has 3 aliphatic heterocycles. The highest BCUT2D eigenvalue weighted by atomic mass is 16.5. The van der Waals surface area contributed by atoms with Crippen molar-refractivity contribution in [2.75, 3.05) is 50.1 Å². The largest absolute Gasteiger partial charge is 0.493 e. The fraction of sp³-hybridized carbons (Fsp3) is 0.471. The zero-order valence-corrected chi connectivity index (χ0v) is 25.3. The molecule has 3 aliphatic rings. The first-order valence-electron chi connectivity index (χ1n) is 15.8. The summed E-state index contributed by atoms with van der Waals surface area (Å²) in [6.07, 6.45) is 11.5. The number of aromatic nitrogens is 4. The Hall–Kier alpha value is -3.98. The van der Waals surface area contributed by atoms with Gasteiger partial charge in [-0.25, -0.2) is 4.98 Å². The molecular formula is C34H41N7O2. The van der Waals surface area contributed by atoms with Gasteiger partial charge in [0.25, 0.3) is 5.91 Å². The molecule has 1 amide bonds. The molecule has 0 aliphatic carbocycles. The molecular weight excluding hydrogens is 538 g/mol. The Morgan fingerprint density at radius 1 is 0.907 bits per heavy atom. The lowest BCUT2D eigenvalue weighted by atomic mass is 9.71. The normalized spacial score (nSPS) is 19.6. The van der Waals surface area contributed by atoms with Gasteiger partial charge in [-0.05, 0) is 114 Å². The van der Waals surface area contributed by atoms with Crippen molar-refractivity contribution in [3.63, 3.8) is 0 Å². The number of benzene rings is 1. The monoisotopic (exact) mass is 579 g/mol. The first kappa shape index (κ1) is 27.8. The van der Waals surface area contributed by atoms with Gasteiger partial charge in [0.1, 0.15) is 5.75 Å². The molecule has 0 saturated carbocycles. The van der Waals surface area contributed by atoms with E-state index in [9.17, 15) is 4.79 Å². The van der Waals surface area contributed by atoms with Crippen LogP contribution in [0.5, 0.6) is 5.75 Å². The number of fused-ring (bicyclic) bond motifs is 7. The highest BCUT2D eigenvalue weighted by Crippen LogP contribution is 2.42. The topological polar surface area (TPSA) is 88.4 Å². The Labute approximate surface area is 253 Å². The van der Waals surface area contributed by atoms with Crippen LogP contribution in [-0.4, -0.2) is 70.2 Å².